The molecule has 0 aliphatic carbocycles. The number of nitrogens with one attached hydrogen (secondary N) is 2. The molecule has 0 amide bonds. The Balaban J connectivity index is 2.04. The van der Waals surface area contributed by atoms with Gasteiger partial charge in [-0.05, 0) is 31.0 Å². The summed E-state index contributed by atoms with van der Waals surface area (Å²) in [5.74, 6) is 2.21. The Labute approximate surface area is 94.5 Å². The number of hydrogen-bond acceptors (Lipinski definition) is 3. The van der Waals surface area contributed by atoms with Crippen molar-refractivity contribution in [3.05, 3.63) is 23.7 Å². The van der Waals surface area contributed by atoms with Crippen LogP contribution in [0.25, 0.3) is 11.2 Å². The molecule has 0 spiro atoms. The van der Waals surface area contributed by atoms with E-state index in [0.29, 0.717) is 11.8 Å². The third-order valence-electron chi connectivity index (χ3n) is 3.36. The minimum atomic E-state index is 0.495. The zero-order chi connectivity index (χ0) is 11.1. The topological polar surface area (TPSA) is 53.6 Å². The summed E-state index contributed by atoms with van der Waals surface area (Å²) in [5, 5.41) is 3.40. The number of rotatable bonds is 1. The number of pyridine rings is 1. The van der Waals surface area contributed by atoms with Gasteiger partial charge in [-0.2, -0.15) is 0 Å². The fraction of sp³-hybridized carbons (Fsp3) is 0.500. The molecule has 2 N–H and O–H groups in total. The molecule has 2 atom stereocenters. The smallest absolute Gasteiger partial charge is 0.177 e. The number of hydrogen-bond donors (Lipinski definition) is 2. The van der Waals surface area contributed by atoms with E-state index in [9.17, 15) is 0 Å². The number of aromatic amines is 1. The van der Waals surface area contributed by atoms with Gasteiger partial charge in [0.15, 0.2) is 5.65 Å². The lowest BCUT2D eigenvalue weighted by Gasteiger charge is -2.09. The molecule has 0 bridgehead atoms. The zero-order valence-electron chi connectivity index (χ0n) is 9.62. The lowest BCUT2D eigenvalue weighted by Crippen LogP contribution is -2.09. The van der Waals surface area contributed by atoms with Crippen molar-refractivity contribution in [3.63, 3.8) is 0 Å². The second kappa shape index (κ2) is 3.56. The summed E-state index contributed by atoms with van der Waals surface area (Å²) < 4.78 is 0. The van der Waals surface area contributed by atoms with Crippen LogP contribution in [-0.2, 0) is 0 Å². The third kappa shape index (κ3) is 1.50. The Hall–Kier alpha value is -1.42. The number of nitrogens with zero attached hydrogens (tertiary/aromatic N) is 2. The summed E-state index contributed by atoms with van der Waals surface area (Å²) >= 11 is 0. The lowest BCUT2D eigenvalue weighted by atomic mass is 9.98. The molecule has 0 aromatic carbocycles. The first-order valence-electron chi connectivity index (χ1n) is 5.77. The molecular weight excluding hydrogens is 200 g/mol. The molecule has 1 saturated heterocycles. The molecule has 1 aliphatic rings. The van der Waals surface area contributed by atoms with Crippen LogP contribution in [0.1, 0.15) is 24.2 Å². The Bertz CT molecular complexity index is 517. The molecule has 0 saturated carbocycles. The van der Waals surface area contributed by atoms with E-state index in [1.807, 2.05) is 13.1 Å². The number of fused-ring (bicyclic) bond motifs is 1. The number of aryl methyl sites for hydroxylation is 1. The van der Waals surface area contributed by atoms with Gasteiger partial charge < -0.3 is 10.3 Å². The molecule has 1 aliphatic heterocycles. The standard InChI is InChI=1S/C12H16N4/c1-7-3-10-12(14-4-7)16-11(15-10)9-6-13-5-8(9)2/h3-4,8-9,13H,5-6H2,1-2H3,(H,14,15,16)/t8-,9-/m1/s1. The summed E-state index contributed by atoms with van der Waals surface area (Å²) in [7, 11) is 0. The van der Waals surface area contributed by atoms with E-state index in [0.717, 1.165) is 30.1 Å². The Morgan fingerprint density at radius 3 is 3.00 bits per heavy atom. The zero-order valence-corrected chi connectivity index (χ0v) is 9.62. The highest BCUT2D eigenvalue weighted by molar-refractivity contribution is 5.71. The lowest BCUT2D eigenvalue weighted by molar-refractivity contribution is 0.551. The van der Waals surface area contributed by atoms with E-state index in [-0.39, 0.29) is 0 Å². The van der Waals surface area contributed by atoms with Crippen LogP contribution < -0.4 is 5.32 Å². The molecule has 2 aromatic heterocycles. The Morgan fingerprint density at radius 1 is 1.38 bits per heavy atom. The molecule has 1 fully saturated rings. The number of imidazole rings is 1. The van der Waals surface area contributed by atoms with Gasteiger partial charge in [0.2, 0.25) is 0 Å². The van der Waals surface area contributed by atoms with Crippen molar-refractivity contribution in [2.24, 2.45) is 5.92 Å². The first kappa shape index (κ1) is 9.78. The number of H-pyrrole nitrogens is 1. The van der Waals surface area contributed by atoms with Crippen molar-refractivity contribution in [3.8, 4) is 0 Å². The van der Waals surface area contributed by atoms with Crippen LogP contribution in [0.5, 0.6) is 0 Å². The summed E-state index contributed by atoms with van der Waals surface area (Å²) in [6.07, 6.45) is 1.86. The molecular formula is C12H16N4. The molecule has 16 heavy (non-hydrogen) atoms. The number of aromatic nitrogens is 3. The van der Waals surface area contributed by atoms with Gasteiger partial charge in [-0.15, -0.1) is 0 Å². The minimum Gasteiger partial charge on any atom is -0.340 e. The van der Waals surface area contributed by atoms with Gasteiger partial charge >= 0.3 is 0 Å². The van der Waals surface area contributed by atoms with E-state index >= 15 is 0 Å². The largest absolute Gasteiger partial charge is 0.340 e. The maximum Gasteiger partial charge on any atom is 0.177 e. The first-order chi connectivity index (χ1) is 7.74. The van der Waals surface area contributed by atoms with E-state index in [4.69, 9.17) is 0 Å². The summed E-state index contributed by atoms with van der Waals surface area (Å²) in [5.41, 5.74) is 3.05. The molecule has 4 heteroatoms. The average molecular weight is 216 g/mol. The Morgan fingerprint density at radius 2 is 2.25 bits per heavy atom. The minimum absolute atomic E-state index is 0.495. The maximum absolute atomic E-state index is 4.58. The van der Waals surface area contributed by atoms with Crippen LogP contribution in [0, 0.1) is 12.8 Å². The van der Waals surface area contributed by atoms with Gasteiger partial charge in [0.1, 0.15) is 5.82 Å². The fourth-order valence-electron chi connectivity index (χ4n) is 2.37. The van der Waals surface area contributed by atoms with Gasteiger partial charge in [-0.1, -0.05) is 6.92 Å². The molecule has 0 unspecified atom stereocenters. The van der Waals surface area contributed by atoms with E-state index in [1.54, 1.807) is 0 Å². The monoisotopic (exact) mass is 216 g/mol. The van der Waals surface area contributed by atoms with Crippen molar-refractivity contribution in [2.75, 3.05) is 13.1 Å². The van der Waals surface area contributed by atoms with E-state index in [1.165, 1.54) is 5.56 Å². The molecule has 4 nitrogen and oxygen atoms in total. The van der Waals surface area contributed by atoms with Crippen molar-refractivity contribution in [1.82, 2.24) is 20.3 Å². The molecule has 2 aromatic rings. The van der Waals surface area contributed by atoms with Crippen molar-refractivity contribution >= 4 is 11.2 Å². The SMILES string of the molecule is Cc1cnc2nc([C@@H]3CNC[C@H]3C)[nH]c2c1. The predicted octanol–water partition coefficient (Wildman–Crippen LogP) is 1.59. The van der Waals surface area contributed by atoms with Crippen LogP contribution >= 0.6 is 0 Å². The van der Waals surface area contributed by atoms with Crippen LogP contribution in [0.4, 0.5) is 0 Å². The second-order valence-electron chi connectivity index (χ2n) is 4.75. The molecule has 84 valence electrons. The van der Waals surface area contributed by atoms with Gasteiger partial charge in [0.25, 0.3) is 0 Å². The van der Waals surface area contributed by atoms with Crippen LogP contribution in [0.3, 0.4) is 0 Å². The highest BCUT2D eigenvalue weighted by atomic mass is 15.0. The van der Waals surface area contributed by atoms with Gasteiger partial charge in [0.05, 0.1) is 5.52 Å². The van der Waals surface area contributed by atoms with Gasteiger partial charge in [-0.3, -0.25) is 0 Å². The molecule has 3 rings (SSSR count). The summed E-state index contributed by atoms with van der Waals surface area (Å²) in [6, 6.07) is 2.10. The van der Waals surface area contributed by atoms with Gasteiger partial charge in [-0.25, -0.2) is 9.97 Å². The quantitative estimate of drug-likeness (QED) is 0.761. The molecule has 3 heterocycles. The highest BCUT2D eigenvalue weighted by Gasteiger charge is 2.27. The van der Waals surface area contributed by atoms with E-state index in [2.05, 4.69) is 33.3 Å². The second-order valence-corrected chi connectivity index (χ2v) is 4.75. The van der Waals surface area contributed by atoms with Crippen molar-refractivity contribution in [1.29, 1.82) is 0 Å². The van der Waals surface area contributed by atoms with Crippen molar-refractivity contribution < 1.29 is 0 Å². The molecule has 0 radical (unpaired) electrons. The third-order valence-corrected chi connectivity index (χ3v) is 3.36. The Kier molecular flexibility index (Phi) is 2.17. The van der Waals surface area contributed by atoms with E-state index < -0.39 is 0 Å². The van der Waals surface area contributed by atoms with Crippen LogP contribution in [0.2, 0.25) is 0 Å². The fourth-order valence-corrected chi connectivity index (χ4v) is 2.37. The summed E-state index contributed by atoms with van der Waals surface area (Å²) in [4.78, 5) is 12.3. The van der Waals surface area contributed by atoms with Crippen LogP contribution in [-0.4, -0.2) is 28.0 Å². The van der Waals surface area contributed by atoms with Crippen LogP contribution in [0.15, 0.2) is 12.3 Å². The average Bonchev–Trinajstić information content (AvgIpc) is 2.82. The first-order valence-corrected chi connectivity index (χ1v) is 5.77. The highest BCUT2D eigenvalue weighted by Crippen LogP contribution is 2.26. The predicted molar refractivity (Wildman–Crippen MR) is 63.4 cm³/mol. The normalized spacial score (nSPS) is 25.4. The maximum atomic E-state index is 4.58. The summed E-state index contributed by atoms with van der Waals surface area (Å²) in [6.45, 7) is 6.40. The van der Waals surface area contributed by atoms with Crippen molar-refractivity contribution in [2.45, 2.75) is 19.8 Å². The van der Waals surface area contributed by atoms with Gasteiger partial charge in [0, 0.05) is 18.7 Å².